The predicted molar refractivity (Wildman–Crippen MR) is 133 cm³/mol. The van der Waals surface area contributed by atoms with Gasteiger partial charge in [-0.1, -0.05) is 0 Å². The third kappa shape index (κ3) is 4.37. The van der Waals surface area contributed by atoms with Crippen LogP contribution < -0.4 is 15.1 Å². The van der Waals surface area contributed by atoms with Crippen LogP contribution in [0.4, 0.5) is 10.1 Å². The Hall–Kier alpha value is -2.73. The first kappa shape index (κ1) is 25.4. The maximum atomic E-state index is 13.5. The van der Waals surface area contributed by atoms with Crippen LogP contribution >= 0.6 is 0 Å². The van der Waals surface area contributed by atoms with Crippen molar-refractivity contribution in [2.75, 3.05) is 17.9 Å². The van der Waals surface area contributed by atoms with Gasteiger partial charge in [0, 0.05) is 47.3 Å². The zero-order chi connectivity index (χ0) is 25.7. The predicted octanol–water partition coefficient (Wildman–Crippen LogP) is 3.52. The van der Waals surface area contributed by atoms with E-state index in [-0.39, 0.29) is 17.9 Å². The fourth-order valence-electron chi connectivity index (χ4n) is 4.03. The Labute approximate surface area is 206 Å². The second-order valence-corrected chi connectivity index (χ2v) is 10.2. The summed E-state index contributed by atoms with van der Waals surface area (Å²) in [6, 6.07) is 8.81. The highest BCUT2D eigenvalue weighted by Gasteiger charge is 2.52. The van der Waals surface area contributed by atoms with Gasteiger partial charge < -0.3 is 27.9 Å². The Bertz CT molecular complexity index is 1290. The standard InChI is InChI=1S/C24H28BFN2O6S/c1-7-28(35(30)31)18-13-19-16(12-17(18)25-33-23(2,3)24(4,5)34-25)20(22(29)27-6)21(32-19)14-8-10-15(26)11-9-14/h8-13H,7H2,1-6H3,(H,27,29)(H,30,31)/p-1. The van der Waals surface area contributed by atoms with Gasteiger partial charge in [0.25, 0.3) is 5.91 Å². The molecule has 2 heterocycles. The fraction of sp³-hybridized carbons (Fsp3) is 0.375. The van der Waals surface area contributed by atoms with E-state index in [0.29, 0.717) is 27.7 Å². The van der Waals surface area contributed by atoms with Gasteiger partial charge in [-0.3, -0.25) is 9.00 Å². The van der Waals surface area contributed by atoms with Gasteiger partial charge >= 0.3 is 7.12 Å². The van der Waals surface area contributed by atoms with Gasteiger partial charge in [-0.2, -0.15) is 0 Å². The van der Waals surface area contributed by atoms with Gasteiger partial charge in [0.1, 0.15) is 17.2 Å². The van der Waals surface area contributed by atoms with Crippen LogP contribution in [0, 0.1) is 5.82 Å². The number of benzene rings is 2. The van der Waals surface area contributed by atoms with Crippen molar-refractivity contribution in [1.82, 2.24) is 5.32 Å². The van der Waals surface area contributed by atoms with Gasteiger partial charge in [-0.25, -0.2) is 4.39 Å². The molecule has 1 unspecified atom stereocenters. The third-order valence-corrected chi connectivity index (χ3v) is 7.46. The number of halogens is 1. The highest BCUT2D eigenvalue weighted by Crippen LogP contribution is 2.40. The molecule has 0 saturated carbocycles. The summed E-state index contributed by atoms with van der Waals surface area (Å²) in [5, 5.41) is 3.07. The number of nitrogens with one attached hydrogen (secondary N) is 1. The Morgan fingerprint density at radius 2 is 1.74 bits per heavy atom. The molecule has 1 aliphatic heterocycles. The second-order valence-electron chi connectivity index (χ2n) is 9.30. The van der Waals surface area contributed by atoms with Crippen LogP contribution in [0.25, 0.3) is 22.3 Å². The molecule has 1 fully saturated rings. The van der Waals surface area contributed by atoms with E-state index in [9.17, 15) is 17.9 Å². The van der Waals surface area contributed by atoms with E-state index in [2.05, 4.69) is 5.32 Å². The number of nitrogens with zero attached hydrogens (tertiary/aromatic N) is 1. The molecular formula is C24H27BFN2O6S-. The minimum atomic E-state index is -2.58. The van der Waals surface area contributed by atoms with Crippen LogP contribution in [0.5, 0.6) is 0 Å². The summed E-state index contributed by atoms with van der Waals surface area (Å²) in [6.07, 6.45) is 0. The van der Waals surface area contributed by atoms with Crippen LogP contribution in [-0.4, -0.2) is 46.6 Å². The fourth-order valence-corrected chi connectivity index (χ4v) is 4.56. The Balaban J connectivity index is 2.01. The molecule has 1 aliphatic rings. The molecule has 186 valence electrons. The highest BCUT2D eigenvalue weighted by atomic mass is 32.2. The van der Waals surface area contributed by atoms with Gasteiger partial charge in [-0.05, 0) is 65.0 Å². The van der Waals surface area contributed by atoms with Gasteiger partial charge in [-0.15, -0.1) is 0 Å². The first-order chi connectivity index (χ1) is 16.4. The smallest absolute Gasteiger partial charge is 0.497 e. The Kier molecular flexibility index (Phi) is 6.56. The van der Waals surface area contributed by atoms with E-state index in [1.807, 2.05) is 27.7 Å². The molecule has 11 heteroatoms. The summed E-state index contributed by atoms with van der Waals surface area (Å²) < 4.78 is 57.4. The molecule has 3 aromatic rings. The number of hydrogen-bond acceptors (Lipinski definition) is 6. The molecule has 0 radical (unpaired) electrons. The lowest BCUT2D eigenvalue weighted by atomic mass is 9.77. The van der Waals surface area contributed by atoms with E-state index >= 15 is 0 Å². The van der Waals surface area contributed by atoms with E-state index in [1.165, 1.54) is 35.6 Å². The second kappa shape index (κ2) is 9.05. The average Bonchev–Trinajstić information content (AvgIpc) is 3.26. The van der Waals surface area contributed by atoms with Crippen LogP contribution in [0.2, 0.25) is 0 Å². The van der Waals surface area contributed by atoms with Crippen molar-refractivity contribution in [3.8, 4) is 11.3 Å². The van der Waals surface area contributed by atoms with E-state index in [0.717, 1.165) is 0 Å². The number of anilines is 1. The van der Waals surface area contributed by atoms with Gasteiger partial charge in [0.15, 0.2) is 0 Å². The lowest BCUT2D eigenvalue weighted by molar-refractivity contribution is 0.00578. The molecule has 4 rings (SSSR count). The number of carbonyl (C=O) groups excluding carboxylic acids is 1. The summed E-state index contributed by atoms with van der Waals surface area (Å²) in [5.74, 6) is -0.591. The first-order valence-corrected chi connectivity index (χ1v) is 12.2. The van der Waals surface area contributed by atoms with Crippen molar-refractivity contribution in [3.63, 3.8) is 0 Å². The van der Waals surface area contributed by atoms with Crippen molar-refractivity contribution in [3.05, 3.63) is 47.8 Å². The molecule has 1 amide bonds. The maximum absolute atomic E-state index is 13.5. The summed E-state index contributed by atoms with van der Waals surface area (Å²) in [5.41, 5.74) is 0.452. The zero-order valence-corrected chi connectivity index (χ0v) is 21.2. The lowest BCUT2D eigenvalue weighted by Gasteiger charge is -2.32. The molecule has 1 atom stereocenters. The number of fused-ring (bicyclic) bond motifs is 1. The molecule has 35 heavy (non-hydrogen) atoms. The first-order valence-electron chi connectivity index (χ1n) is 11.2. The summed E-state index contributed by atoms with van der Waals surface area (Å²) in [7, 11) is 0.608. The summed E-state index contributed by atoms with van der Waals surface area (Å²) in [6.45, 7) is 9.45. The quantitative estimate of drug-likeness (QED) is 0.410. The Morgan fingerprint density at radius 3 is 2.26 bits per heavy atom. The van der Waals surface area contributed by atoms with Gasteiger partial charge in [0.05, 0.1) is 22.5 Å². The largest absolute Gasteiger partial charge is 0.755 e. The normalized spacial score (nSPS) is 17.5. The Morgan fingerprint density at radius 1 is 1.14 bits per heavy atom. The number of rotatable bonds is 6. The molecule has 1 aromatic heterocycles. The lowest BCUT2D eigenvalue weighted by Crippen LogP contribution is -2.41. The van der Waals surface area contributed by atoms with E-state index in [4.69, 9.17) is 13.7 Å². The monoisotopic (exact) mass is 501 g/mol. The molecule has 8 nitrogen and oxygen atoms in total. The van der Waals surface area contributed by atoms with E-state index in [1.54, 1.807) is 19.1 Å². The minimum absolute atomic E-state index is 0.155. The van der Waals surface area contributed by atoms with Crippen LogP contribution in [-0.2, 0) is 20.6 Å². The molecule has 1 saturated heterocycles. The maximum Gasteiger partial charge on any atom is 0.497 e. The third-order valence-electron chi connectivity index (χ3n) is 6.64. The molecule has 0 aliphatic carbocycles. The molecular weight excluding hydrogens is 474 g/mol. The van der Waals surface area contributed by atoms with Crippen molar-refractivity contribution >= 4 is 46.4 Å². The number of hydrogen-bond donors (Lipinski definition) is 1. The van der Waals surface area contributed by atoms with Crippen LogP contribution in [0.3, 0.4) is 0 Å². The van der Waals surface area contributed by atoms with Crippen LogP contribution in [0.15, 0.2) is 40.8 Å². The molecule has 2 aromatic carbocycles. The topological polar surface area (TPSA) is 104 Å². The molecule has 1 N–H and O–H groups in total. The molecule has 0 bridgehead atoms. The highest BCUT2D eigenvalue weighted by molar-refractivity contribution is 7.80. The average molecular weight is 501 g/mol. The zero-order valence-electron chi connectivity index (χ0n) is 20.4. The van der Waals surface area contributed by atoms with Crippen molar-refractivity contribution in [2.45, 2.75) is 45.8 Å². The van der Waals surface area contributed by atoms with Crippen molar-refractivity contribution < 1.29 is 31.7 Å². The number of carbonyl (C=O) groups is 1. The molecule has 0 spiro atoms. The van der Waals surface area contributed by atoms with Crippen molar-refractivity contribution in [2.24, 2.45) is 0 Å². The van der Waals surface area contributed by atoms with Gasteiger partial charge in [0.2, 0.25) is 0 Å². The number of furan rings is 1. The minimum Gasteiger partial charge on any atom is -0.755 e. The summed E-state index contributed by atoms with van der Waals surface area (Å²) in [4.78, 5) is 13.0. The van der Waals surface area contributed by atoms with E-state index < -0.39 is 41.3 Å². The van der Waals surface area contributed by atoms with Crippen molar-refractivity contribution in [1.29, 1.82) is 0 Å². The number of amides is 1. The SMILES string of the molecule is CCN(c1cc2oc(-c3ccc(F)cc3)c(C(=O)NC)c2cc1B1OC(C)(C)C(C)(C)O1)S(=O)[O-]. The summed E-state index contributed by atoms with van der Waals surface area (Å²) >= 11 is -2.58. The van der Waals surface area contributed by atoms with Crippen LogP contribution in [0.1, 0.15) is 45.0 Å².